The largest absolute Gasteiger partial charge is 0.313 e. The molecule has 3 rings (SSSR count). The summed E-state index contributed by atoms with van der Waals surface area (Å²) in [6.45, 7) is 5.88. The predicted molar refractivity (Wildman–Crippen MR) is 75.7 cm³/mol. The minimum Gasteiger partial charge on any atom is -0.313 e. The van der Waals surface area contributed by atoms with Crippen LogP contribution in [-0.2, 0) is 13.0 Å². The number of aryl methyl sites for hydroxylation is 1. The van der Waals surface area contributed by atoms with E-state index in [1.54, 1.807) is 11.1 Å². The van der Waals surface area contributed by atoms with Crippen LogP contribution in [0.5, 0.6) is 0 Å². The number of fused-ring (bicyclic) bond motifs is 1. The van der Waals surface area contributed by atoms with Gasteiger partial charge in [-0.2, -0.15) is 0 Å². The van der Waals surface area contributed by atoms with Crippen molar-refractivity contribution in [2.75, 3.05) is 13.1 Å². The van der Waals surface area contributed by atoms with Gasteiger partial charge >= 0.3 is 0 Å². The molecule has 0 spiro atoms. The minimum absolute atomic E-state index is 0.709. The molecule has 0 radical (unpaired) electrons. The van der Waals surface area contributed by atoms with E-state index in [-0.39, 0.29) is 0 Å². The van der Waals surface area contributed by atoms with E-state index in [9.17, 15) is 0 Å². The molecule has 1 fully saturated rings. The third-order valence-corrected chi connectivity index (χ3v) is 4.53. The van der Waals surface area contributed by atoms with Gasteiger partial charge in [0, 0.05) is 25.2 Å². The fraction of sp³-hybridized carbons (Fsp3) is 0.625. The van der Waals surface area contributed by atoms with Crippen molar-refractivity contribution in [1.29, 1.82) is 0 Å². The number of benzene rings is 1. The maximum Gasteiger partial charge on any atom is 0.0239 e. The van der Waals surface area contributed by atoms with E-state index in [0.29, 0.717) is 6.04 Å². The van der Waals surface area contributed by atoms with Crippen LogP contribution in [0.1, 0.15) is 37.3 Å². The summed E-state index contributed by atoms with van der Waals surface area (Å²) in [4.78, 5) is 2.70. The summed E-state index contributed by atoms with van der Waals surface area (Å²) in [5.41, 5.74) is 3.12. The average Bonchev–Trinajstić information content (AvgIpc) is 2.61. The molecule has 2 aliphatic heterocycles. The summed E-state index contributed by atoms with van der Waals surface area (Å²) in [5, 5.41) is 3.63. The molecule has 1 N–H and O–H groups in total. The van der Waals surface area contributed by atoms with Gasteiger partial charge in [-0.1, -0.05) is 24.3 Å². The number of hydrogen-bond acceptors (Lipinski definition) is 2. The first-order valence-corrected chi connectivity index (χ1v) is 7.37. The zero-order valence-electron chi connectivity index (χ0n) is 11.4. The van der Waals surface area contributed by atoms with Crippen LogP contribution < -0.4 is 5.32 Å². The maximum absolute atomic E-state index is 3.63. The standard InChI is InChI=1S/C16H24N2/c1-13-8-9-16(11-17-13)18-10-4-7-14-5-2-3-6-15(14)12-18/h2-3,5-6,13,16-17H,4,7-12H2,1H3. The van der Waals surface area contributed by atoms with Crippen LogP contribution in [0.15, 0.2) is 24.3 Å². The lowest BCUT2D eigenvalue weighted by Gasteiger charge is -2.36. The first-order chi connectivity index (χ1) is 8.83. The van der Waals surface area contributed by atoms with Crippen LogP contribution in [0, 0.1) is 0 Å². The normalized spacial score (nSPS) is 29.6. The molecule has 2 nitrogen and oxygen atoms in total. The fourth-order valence-corrected chi connectivity index (χ4v) is 3.33. The highest BCUT2D eigenvalue weighted by Crippen LogP contribution is 2.23. The quantitative estimate of drug-likeness (QED) is 0.817. The van der Waals surface area contributed by atoms with Crippen LogP contribution >= 0.6 is 0 Å². The molecule has 0 aromatic heterocycles. The number of rotatable bonds is 1. The molecule has 2 atom stereocenters. The maximum atomic E-state index is 3.63. The zero-order valence-corrected chi connectivity index (χ0v) is 11.4. The van der Waals surface area contributed by atoms with Crippen molar-refractivity contribution in [2.24, 2.45) is 0 Å². The Bertz CT molecular complexity index is 394. The molecule has 0 saturated carbocycles. The Balaban J connectivity index is 1.71. The van der Waals surface area contributed by atoms with E-state index >= 15 is 0 Å². The Morgan fingerprint density at radius 2 is 2.00 bits per heavy atom. The van der Waals surface area contributed by atoms with Crippen LogP contribution in [-0.4, -0.2) is 30.1 Å². The van der Waals surface area contributed by atoms with Gasteiger partial charge in [-0.25, -0.2) is 0 Å². The second kappa shape index (κ2) is 5.41. The highest BCUT2D eigenvalue weighted by Gasteiger charge is 2.25. The Morgan fingerprint density at radius 1 is 1.17 bits per heavy atom. The summed E-state index contributed by atoms with van der Waals surface area (Å²) in [7, 11) is 0. The first-order valence-electron chi connectivity index (χ1n) is 7.37. The van der Waals surface area contributed by atoms with Gasteiger partial charge in [-0.3, -0.25) is 4.90 Å². The number of hydrogen-bond donors (Lipinski definition) is 1. The average molecular weight is 244 g/mol. The molecular weight excluding hydrogens is 220 g/mol. The minimum atomic E-state index is 0.709. The van der Waals surface area contributed by atoms with Gasteiger partial charge in [0.2, 0.25) is 0 Å². The van der Waals surface area contributed by atoms with Crippen molar-refractivity contribution in [3.05, 3.63) is 35.4 Å². The summed E-state index contributed by atoms with van der Waals surface area (Å²) in [5.74, 6) is 0. The molecule has 0 bridgehead atoms. The van der Waals surface area contributed by atoms with E-state index in [1.807, 2.05) is 0 Å². The Kier molecular flexibility index (Phi) is 3.67. The third-order valence-electron chi connectivity index (χ3n) is 4.53. The smallest absolute Gasteiger partial charge is 0.0239 e. The van der Waals surface area contributed by atoms with Gasteiger partial charge in [0.1, 0.15) is 0 Å². The molecule has 0 aliphatic carbocycles. The van der Waals surface area contributed by atoms with Crippen molar-refractivity contribution >= 4 is 0 Å². The molecule has 18 heavy (non-hydrogen) atoms. The van der Waals surface area contributed by atoms with Gasteiger partial charge in [0.15, 0.2) is 0 Å². The van der Waals surface area contributed by atoms with E-state index in [4.69, 9.17) is 0 Å². The van der Waals surface area contributed by atoms with Crippen LogP contribution in [0.4, 0.5) is 0 Å². The number of piperidine rings is 1. The van der Waals surface area contributed by atoms with Crippen molar-refractivity contribution in [2.45, 2.75) is 51.2 Å². The van der Waals surface area contributed by atoms with Crippen molar-refractivity contribution in [3.8, 4) is 0 Å². The molecule has 1 saturated heterocycles. The van der Waals surface area contributed by atoms with Crippen molar-refractivity contribution in [3.63, 3.8) is 0 Å². The highest BCUT2D eigenvalue weighted by molar-refractivity contribution is 5.28. The van der Waals surface area contributed by atoms with E-state index in [2.05, 4.69) is 41.4 Å². The molecule has 2 heteroatoms. The lowest BCUT2D eigenvalue weighted by molar-refractivity contribution is 0.148. The van der Waals surface area contributed by atoms with Crippen molar-refractivity contribution in [1.82, 2.24) is 10.2 Å². The Morgan fingerprint density at radius 3 is 2.78 bits per heavy atom. The van der Waals surface area contributed by atoms with E-state index in [0.717, 1.165) is 12.6 Å². The summed E-state index contributed by atoms with van der Waals surface area (Å²) in [6, 6.07) is 10.4. The molecule has 1 aromatic rings. The molecule has 1 aromatic carbocycles. The van der Waals surface area contributed by atoms with Crippen LogP contribution in [0.25, 0.3) is 0 Å². The number of nitrogens with one attached hydrogen (secondary N) is 1. The lowest BCUT2D eigenvalue weighted by Crippen LogP contribution is -2.48. The lowest BCUT2D eigenvalue weighted by atomic mass is 10.00. The molecule has 0 amide bonds. The first kappa shape index (κ1) is 12.2. The van der Waals surface area contributed by atoms with Gasteiger partial charge in [0.25, 0.3) is 0 Å². The topological polar surface area (TPSA) is 15.3 Å². The van der Waals surface area contributed by atoms with E-state index in [1.165, 1.54) is 38.8 Å². The van der Waals surface area contributed by atoms with E-state index < -0.39 is 0 Å². The molecule has 2 heterocycles. The molecule has 2 aliphatic rings. The third kappa shape index (κ3) is 2.60. The summed E-state index contributed by atoms with van der Waals surface area (Å²) < 4.78 is 0. The second-order valence-electron chi connectivity index (χ2n) is 5.88. The van der Waals surface area contributed by atoms with Crippen LogP contribution in [0.3, 0.4) is 0 Å². The van der Waals surface area contributed by atoms with Gasteiger partial charge in [0.05, 0.1) is 0 Å². The van der Waals surface area contributed by atoms with Gasteiger partial charge in [-0.15, -0.1) is 0 Å². The Labute approximate surface area is 110 Å². The monoisotopic (exact) mass is 244 g/mol. The summed E-state index contributed by atoms with van der Waals surface area (Å²) >= 11 is 0. The zero-order chi connectivity index (χ0) is 12.4. The molecule has 98 valence electrons. The highest BCUT2D eigenvalue weighted by atomic mass is 15.2. The molecular formula is C16H24N2. The summed E-state index contributed by atoms with van der Waals surface area (Å²) in [6.07, 6.45) is 5.24. The Hall–Kier alpha value is -0.860. The van der Waals surface area contributed by atoms with Crippen molar-refractivity contribution < 1.29 is 0 Å². The van der Waals surface area contributed by atoms with Gasteiger partial charge < -0.3 is 5.32 Å². The second-order valence-corrected chi connectivity index (χ2v) is 5.88. The number of nitrogens with zero attached hydrogens (tertiary/aromatic N) is 1. The fourth-order valence-electron chi connectivity index (χ4n) is 3.33. The molecule has 2 unspecified atom stereocenters. The van der Waals surface area contributed by atoms with Crippen LogP contribution in [0.2, 0.25) is 0 Å². The van der Waals surface area contributed by atoms with Gasteiger partial charge in [-0.05, 0) is 50.3 Å². The predicted octanol–water partition coefficient (Wildman–Crippen LogP) is 2.58. The SMILES string of the molecule is CC1CCC(N2CCCc3ccccc3C2)CN1.